The molecule has 1 unspecified atom stereocenters. The lowest BCUT2D eigenvalue weighted by Gasteiger charge is -2.39. The second-order valence-electron chi connectivity index (χ2n) is 12.2. The molecule has 0 N–H and O–H groups in total. The van der Waals surface area contributed by atoms with E-state index >= 15 is 0 Å². The molecule has 321 valence electrons. The van der Waals surface area contributed by atoms with E-state index in [4.69, 9.17) is 0 Å². The Hall–Kier alpha value is -3.38. The van der Waals surface area contributed by atoms with E-state index in [0.717, 1.165) is 6.92 Å². The summed E-state index contributed by atoms with van der Waals surface area (Å²) in [6, 6.07) is 1.38. The summed E-state index contributed by atoms with van der Waals surface area (Å²) in [6.45, 7) is 2.39. The fourth-order valence-corrected chi connectivity index (χ4v) is 4.63. The van der Waals surface area contributed by atoms with Gasteiger partial charge in [0.15, 0.2) is 0 Å². The molecule has 0 aliphatic heterocycles. The number of hydrogen-bond acceptors (Lipinski definition) is 0. The second-order valence-corrected chi connectivity index (χ2v) is 12.2. The van der Waals surface area contributed by atoms with Crippen molar-refractivity contribution < 1.29 is 114 Å². The van der Waals surface area contributed by atoms with Crippen LogP contribution in [0.5, 0.6) is 0 Å². The van der Waals surface area contributed by atoms with Gasteiger partial charge >= 0.3 is 71.6 Å². The van der Waals surface area contributed by atoms with Gasteiger partial charge in [-0.2, -0.15) is 114 Å². The van der Waals surface area contributed by atoms with E-state index < -0.39 is 88.6 Å². The van der Waals surface area contributed by atoms with Crippen LogP contribution in [0.1, 0.15) is 54.9 Å². The van der Waals surface area contributed by atoms with Gasteiger partial charge in [0.2, 0.25) is 0 Å². The maximum absolute atomic E-state index is 14.5. The third-order valence-corrected chi connectivity index (χ3v) is 8.40. The van der Waals surface area contributed by atoms with Crippen molar-refractivity contribution in [1.82, 2.24) is 0 Å². The van der Waals surface area contributed by atoms with Gasteiger partial charge in [0, 0.05) is 17.0 Å². The molecule has 56 heavy (non-hydrogen) atoms. The maximum atomic E-state index is 14.5. The highest BCUT2D eigenvalue weighted by molar-refractivity contribution is 5.36. The van der Waals surface area contributed by atoms with E-state index in [-0.39, 0.29) is 54.2 Å². The van der Waals surface area contributed by atoms with Crippen LogP contribution in [0.3, 0.4) is 0 Å². The average Bonchev–Trinajstić information content (AvgIpc) is 3.05. The summed E-state index contributed by atoms with van der Waals surface area (Å²) in [5.74, 6) is -77.3. The van der Waals surface area contributed by atoms with Crippen molar-refractivity contribution in [3.8, 4) is 0 Å². The molecular formula is C30H19F26. The van der Waals surface area contributed by atoms with Gasteiger partial charge in [0.05, 0.1) is 0 Å². The Bertz CT molecular complexity index is 1520. The topological polar surface area (TPSA) is 0 Å². The van der Waals surface area contributed by atoms with E-state index in [1.165, 1.54) is 6.92 Å². The zero-order valence-corrected chi connectivity index (χ0v) is 26.9. The number of benzene rings is 2. The van der Waals surface area contributed by atoms with Crippen LogP contribution in [0.2, 0.25) is 0 Å². The van der Waals surface area contributed by atoms with Crippen LogP contribution >= 0.6 is 0 Å². The third kappa shape index (κ3) is 7.19. The van der Waals surface area contributed by atoms with Gasteiger partial charge in [-0.05, 0) is 29.9 Å². The Morgan fingerprint density at radius 2 is 0.661 bits per heavy atom. The lowest BCUT2D eigenvalue weighted by atomic mass is 9.86. The molecule has 0 bridgehead atoms. The predicted molar refractivity (Wildman–Crippen MR) is 138 cm³/mol. The highest BCUT2D eigenvalue weighted by Crippen LogP contribution is 2.64. The molecule has 26 heteroatoms. The molecule has 0 fully saturated rings. The van der Waals surface area contributed by atoms with Crippen molar-refractivity contribution in [3.05, 3.63) is 76.7 Å². The lowest BCUT2D eigenvalue weighted by Crippen LogP contribution is -2.69. The zero-order chi connectivity index (χ0) is 44.5. The van der Waals surface area contributed by atoms with Gasteiger partial charge in [0.1, 0.15) is 0 Å². The van der Waals surface area contributed by atoms with Gasteiger partial charge in [-0.1, -0.05) is 62.4 Å². The Kier molecular flexibility index (Phi) is 12.3. The average molecular weight is 873 g/mol. The molecule has 1 atom stereocenters. The zero-order valence-electron chi connectivity index (χ0n) is 26.9. The van der Waals surface area contributed by atoms with Crippen LogP contribution in [-0.2, 0) is 11.8 Å². The normalized spacial score (nSPS) is 16.1. The highest BCUT2D eigenvalue weighted by Gasteiger charge is 2.92. The monoisotopic (exact) mass is 873 g/mol. The van der Waals surface area contributed by atoms with E-state index in [2.05, 4.69) is 0 Å². The second kappa shape index (κ2) is 14.2. The van der Waals surface area contributed by atoms with Crippen LogP contribution in [0.25, 0.3) is 0 Å². The number of alkyl halides is 26. The molecule has 0 aliphatic rings. The summed E-state index contributed by atoms with van der Waals surface area (Å²) in [5, 5.41) is 0. The van der Waals surface area contributed by atoms with Gasteiger partial charge in [-0.25, -0.2) is 0 Å². The minimum absolute atomic E-state index is 0.0433. The van der Waals surface area contributed by atoms with Crippen molar-refractivity contribution in [3.63, 3.8) is 0 Å². The summed E-state index contributed by atoms with van der Waals surface area (Å²) in [7, 11) is 0. The number of halogens is 26. The van der Waals surface area contributed by atoms with Crippen LogP contribution in [0, 0.1) is 5.92 Å². The first-order valence-corrected chi connectivity index (χ1v) is 14.4. The summed E-state index contributed by atoms with van der Waals surface area (Å²) in [6.07, 6.45) is -15.7. The Morgan fingerprint density at radius 3 is 0.946 bits per heavy atom. The van der Waals surface area contributed by atoms with Crippen molar-refractivity contribution in [1.29, 1.82) is 0 Å². The number of rotatable bonds is 15. The van der Waals surface area contributed by atoms with Crippen molar-refractivity contribution in [2.24, 2.45) is 0 Å². The molecule has 1 radical (unpaired) electrons. The first kappa shape index (κ1) is 48.8. The summed E-state index contributed by atoms with van der Waals surface area (Å²) >= 11 is 0. The largest absolute Gasteiger partial charge is 0.460 e. The highest BCUT2D eigenvalue weighted by atomic mass is 19.4. The SMILES string of the molecule is C[C](CCC(C)c1ccc(C(F)(F)C(F)(F)C(F)(F)C(F)(F)C(F)(F)C(F)(F)F)cc1)c1ccc(C(F)(F)C(F)(F)C(F)(F)C(F)(F)C(F)(F)C(F)(F)F)cc1. The third-order valence-electron chi connectivity index (χ3n) is 8.40. The first-order chi connectivity index (χ1) is 24.5. The molecule has 0 aromatic heterocycles. The van der Waals surface area contributed by atoms with E-state index in [9.17, 15) is 114 Å². The molecule has 0 saturated heterocycles. The molecule has 0 saturated carbocycles. The Morgan fingerprint density at radius 1 is 0.393 bits per heavy atom. The summed E-state index contributed by atoms with van der Waals surface area (Å²) < 4.78 is 350. The van der Waals surface area contributed by atoms with Crippen molar-refractivity contribution >= 4 is 0 Å². The Balaban J connectivity index is 2.27. The molecule has 0 aliphatic carbocycles. The van der Waals surface area contributed by atoms with Crippen LogP contribution < -0.4 is 0 Å². The van der Waals surface area contributed by atoms with E-state index in [1.807, 2.05) is 0 Å². The fraction of sp³-hybridized carbons (Fsp3) is 0.567. The molecule has 0 amide bonds. The van der Waals surface area contributed by atoms with E-state index in [1.54, 1.807) is 0 Å². The van der Waals surface area contributed by atoms with Crippen LogP contribution in [0.15, 0.2) is 48.5 Å². The minimum atomic E-state index is -8.12. The molecule has 2 aromatic carbocycles. The Labute approximate surface area is 295 Å². The van der Waals surface area contributed by atoms with Crippen LogP contribution in [0.4, 0.5) is 114 Å². The molecule has 2 rings (SSSR count). The standard InChI is InChI=1S/C30H19F26/c1-13(15-5-9-17(10-6-15)19(31,32)21(35,36)23(39,40)25(43,44)27(47,48)29(51,52)53)3-4-14(2)16-7-11-18(12-8-16)20(33,34)22(37,38)24(41,42)26(45,46)28(49,50)30(54,55)56/h5-13H,3-4H2,1-2H3. The smallest absolute Gasteiger partial charge is 0.194 e. The van der Waals surface area contributed by atoms with Crippen molar-refractivity contribution in [2.75, 3.05) is 0 Å². The molecule has 0 nitrogen and oxygen atoms in total. The summed E-state index contributed by atoms with van der Waals surface area (Å²) in [4.78, 5) is 0. The van der Waals surface area contributed by atoms with Gasteiger partial charge in [-0.15, -0.1) is 0 Å². The molecule has 0 heterocycles. The lowest BCUT2D eigenvalue weighted by molar-refractivity contribution is -0.441. The summed E-state index contributed by atoms with van der Waals surface area (Å²) in [5.41, 5.74) is -4.97. The number of hydrogen-bond donors (Lipinski definition) is 0. The van der Waals surface area contributed by atoms with Gasteiger partial charge < -0.3 is 0 Å². The minimum Gasteiger partial charge on any atom is -0.194 e. The van der Waals surface area contributed by atoms with Crippen LogP contribution in [-0.4, -0.2) is 59.7 Å². The first-order valence-electron chi connectivity index (χ1n) is 14.4. The van der Waals surface area contributed by atoms with Crippen molar-refractivity contribution in [2.45, 2.75) is 104 Å². The molecular weight excluding hydrogens is 854 g/mol. The van der Waals surface area contributed by atoms with E-state index in [0.29, 0.717) is 24.3 Å². The van der Waals surface area contributed by atoms with Gasteiger partial charge in [0.25, 0.3) is 0 Å². The quantitative estimate of drug-likeness (QED) is 0.156. The molecule has 0 spiro atoms. The molecule has 2 aromatic rings. The van der Waals surface area contributed by atoms with Gasteiger partial charge in [-0.3, -0.25) is 0 Å². The predicted octanol–water partition coefficient (Wildman–Crippen LogP) is 13.6. The fourth-order valence-electron chi connectivity index (χ4n) is 4.63. The maximum Gasteiger partial charge on any atom is 0.460 e.